The molecule has 2 N–H and O–H groups in total. The van der Waals surface area contributed by atoms with Crippen LogP contribution in [0.1, 0.15) is 36.0 Å². The summed E-state index contributed by atoms with van der Waals surface area (Å²) in [6, 6.07) is 7.79. The predicted molar refractivity (Wildman–Crippen MR) is 97.9 cm³/mol. The molecule has 0 aromatic heterocycles. The number of carbonyl (C=O) groups excluding carboxylic acids is 2. The molecule has 1 aromatic carbocycles. The van der Waals surface area contributed by atoms with Gasteiger partial charge in [-0.1, -0.05) is 17.7 Å². The van der Waals surface area contributed by atoms with Gasteiger partial charge in [0.25, 0.3) is 5.91 Å². The third-order valence-electron chi connectivity index (χ3n) is 4.62. The van der Waals surface area contributed by atoms with Crippen LogP contribution in [0, 0.1) is 0 Å². The second-order valence-electron chi connectivity index (χ2n) is 6.28. The number of piperidine rings is 1. The Morgan fingerprint density at radius 3 is 2.67 bits per heavy atom. The number of rotatable bonds is 5. The van der Waals surface area contributed by atoms with Crippen LogP contribution in [-0.2, 0) is 16.6 Å². The first kappa shape index (κ1) is 17.7. The first-order valence-electron chi connectivity index (χ1n) is 8.02. The second-order valence-corrected chi connectivity index (χ2v) is 7.80. The highest BCUT2D eigenvalue weighted by atomic mass is 35.5. The standard InChI is InChI=1S/C16H19ClN3O2PS/c17-11-3-1-2-10(6-11)16(22)18-9-15(21)20(23-24)14-7-12-4-5-13(8-14)19-12/h1-3,6,12-14,19H,4-5,7-9H2,(H,18,22)/t12-,13+,14?. The molecule has 24 heavy (non-hydrogen) atoms. The van der Waals surface area contributed by atoms with Crippen molar-refractivity contribution in [2.24, 2.45) is 0 Å². The summed E-state index contributed by atoms with van der Waals surface area (Å²) in [5.41, 5.74) is 0.442. The molecule has 0 radical (unpaired) electrons. The molecule has 2 amide bonds. The third-order valence-corrected chi connectivity index (χ3v) is 6.11. The number of amides is 2. The number of nitrogens with zero attached hydrogens (tertiary/aromatic N) is 1. The fourth-order valence-electron chi connectivity index (χ4n) is 3.51. The fraction of sp³-hybridized carbons (Fsp3) is 0.500. The number of fused-ring (bicyclic) bond motifs is 2. The fourth-order valence-corrected chi connectivity index (χ4v) is 4.86. The van der Waals surface area contributed by atoms with Gasteiger partial charge in [-0.25, -0.2) is 0 Å². The summed E-state index contributed by atoms with van der Waals surface area (Å²) in [7, 11) is 0.518. The Bertz CT molecular complexity index is 648. The van der Waals surface area contributed by atoms with Crippen molar-refractivity contribution >= 4 is 42.7 Å². The molecule has 1 unspecified atom stereocenters. The molecule has 3 rings (SSSR count). The zero-order chi connectivity index (χ0) is 17.1. The van der Waals surface area contributed by atoms with Crippen LogP contribution in [0.3, 0.4) is 0 Å². The molecule has 2 heterocycles. The van der Waals surface area contributed by atoms with Gasteiger partial charge < -0.3 is 10.6 Å². The van der Waals surface area contributed by atoms with Gasteiger partial charge in [0.15, 0.2) is 0 Å². The van der Waals surface area contributed by atoms with Gasteiger partial charge in [-0.3, -0.25) is 14.3 Å². The maximum atomic E-state index is 12.5. The topological polar surface area (TPSA) is 61.4 Å². The minimum Gasteiger partial charge on any atom is -0.343 e. The molecule has 0 spiro atoms. The van der Waals surface area contributed by atoms with Crippen LogP contribution in [0.2, 0.25) is 5.02 Å². The van der Waals surface area contributed by atoms with Crippen LogP contribution < -0.4 is 10.6 Å². The maximum absolute atomic E-state index is 12.5. The summed E-state index contributed by atoms with van der Waals surface area (Å²) in [4.78, 5) is 24.6. The van der Waals surface area contributed by atoms with E-state index in [2.05, 4.69) is 10.6 Å². The first-order chi connectivity index (χ1) is 11.6. The zero-order valence-corrected chi connectivity index (χ0v) is 15.5. The molecular weight excluding hydrogens is 365 g/mol. The molecule has 1 aromatic rings. The molecule has 128 valence electrons. The molecular formula is C16H19ClN3O2PS. The lowest BCUT2D eigenvalue weighted by Crippen LogP contribution is -2.48. The third kappa shape index (κ3) is 4.12. The molecule has 5 nitrogen and oxygen atoms in total. The van der Waals surface area contributed by atoms with Crippen LogP contribution in [0.25, 0.3) is 0 Å². The molecule has 2 saturated heterocycles. The van der Waals surface area contributed by atoms with Gasteiger partial charge in [0.1, 0.15) is 0 Å². The number of hydrogen-bond donors (Lipinski definition) is 2. The maximum Gasteiger partial charge on any atom is 0.251 e. The van der Waals surface area contributed by atoms with Crippen LogP contribution in [0.4, 0.5) is 0 Å². The van der Waals surface area contributed by atoms with Crippen molar-refractivity contribution in [3.63, 3.8) is 0 Å². The van der Waals surface area contributed by atoms with Crippen molar-refractivity contribution in [2.45, 2.75) is 43.8 Å². The molecule has 0 saturated carbocycles. The van der Waals surface area contributed by atoms with Crippen molar-refractivity contribution in [1.82, 2.24) is 15.3 Å². The van der Waals surface area contributed by atoms with E-state index >= 15 is 0 Å². The van der Waals surface area contributed by atoms with E-state index in [4.69, 9.17) is 23.4 Å². The molecule has 2 aliphatic rings. The highest BCUT2D eigenvalue weighted by Gasteiger charge is 2.37. The predicted octanol–water partition coefficient (Wildman–Crippen LogP) is 2.50. The van der Waals surface area contributed by atoms with Gasteiger partial charge in [-0.05, 0) is 55.7 Å². The first-order valence-corrected chi connectivity index (χ1v) is 10.3. The van der Waals surface area contributed by atoms with Crippen molar-refractivity contribution < 1.29 is 9.59 Å². The minimum atomic E-state index is -0.308. The average Bonchev–Trinajstić information content (AvgIpc) is 2.91. The number of hydrogen-bond acceptors (Lipinski definition) is 4. The van der Waals surface area contributed by atoms with E-state index in [1.165, 1.54) is 12.8 Å². The summed E-state index contributed by atoms with van der Waals surface area (Å²) in [6.07, 6.45) is 4.22. The molecule has 8 heteroatoms. The van der Waals surface area contributed by atoms with Crippen molar-refractivity contribution in [1.29, 1.82) is 0 Å². The smallest absolute Gasteiger partial charge is 0.251 e. The lowest BCUT2D eigenvalue weighted by atomic mass is 10.00. The van der Waals surface area contributed by atoms with E-state index in [-0.39, 0.29) is 24.4 Å². The largest absolute Gasteiger partial charge is 0.343 e. The van der Waals surface area contributed by atoms with Crippen molar-refractivity contribution in [3.8, 4) is 0 Å². The lowest BCUT2D eigenvalue weighted by molar-refractivity contribution is -0.127. The monoisotopic (exact) mass is 383 g/mol. The highest BCUT2D eigenvalue weighted by Crippen LogP contribution is 2.32. The molecule has 0 aliphatic carbocycles. The summed E-state index contributed by atoms with van der Waals surface area (Å²) >= 11 is 11.0. The van der Waals surface area contributed by atoms with E-state index in [9.17, 15) is 9.59 Å². The Labute approximate surface area is 153 Å². The molecule has 2 aliphatic heterocycles. The van der Waals surface area contributed by atoms with Gasteiger partial charge in [0, 0.05) is 28.7 Å². The lowest BCUT2D eigenvalue weighted by Gasteiger charge is -2.34. The van der Waals surface area contributed by atoms with Gasteiger partial charge in [0.2, 0.25) is 5.91 Å². The summed E-state index contributed by atoms with van der Waals surface area (Å²) in [6.45, 7) is -0.0474. The van der Waals surface area contributed by atoms with Crippen LogP contribution in [0.5, 0.6) is 0 Å². The summed E-state index contributed by atoms with van der Waals surface area (Å²) in [5.74, 6) is -0.439. The van der Waals surface area contributed by atoms with Crippen molar-refractivity contribution in [2.75, 3.05) is 6.54 Å². The highest BCUT2D eigenvalue weighted by molar-refractivity contribution is 7.95. The van der Waals surface area contributed by atoms with Gasteiger partial charge in [-0.15, -0.1) is 0 Å². The summed E-state index contributed by atoms with van der Waals surface area (Å²) < 4.78 is 1.71. The number of halogens is 1. The minimum absolute atomic E-state index is 0.0474. The zero-order valence-electron chi connectivity index (χ0n) is 13.1. The van der Waals surface area contributed by atoms with E-state index < -0.39 is 0 Å². The SMILES string of the molecule is O=C(NCC(=O)N(P=S)C1C[C@H]2CC[C@@H](C1)N2)c1cccc(Cl)c1. The Morgan fingerprint density at radius 1 is 1.33 bits per heavy atom. The van der Waals surface area contributed by atoms with E-state index in [1.807, 2.05) is 0 Å². The molecule has 2 bridgehead atoms. The van der Waals surface area contributed by atoms with E-state index in [1.54, 1.807) is 28.9 Å². The molecule has 3 atom stereocenters. The van der Waals surface area contributed by atoms with E-state index in [0.29, 0.717) is 30.2 Å². The average molecular weight is 384 g/mol. The van der Waals surface area contributed by atoms with E-state index in [0.717, 1.165) is 12.8 Å². The van der Waals surface area contributed by atoms with Gasteiger partial charge >= 0.3 is 0 Å². The normalized spacial score (nSPS) is 25.5. The van der Waals surface area contributed by atoms with Crippen molar-refractivity contribution in [3.05, 3.63) is 34.9 Å². The number of benzene rings is 1. The number of nitrogens with one attached hydrogen (secondary N) is 2. The van der Waals surface area contributed by atoms with Crippen LogP contribution in [0.15, 0.2) is 24.3 Å². The van der Waals surface area contributed by atoms with Gasteiger partial charge in [-0.2, -0.15) is 0 Å². The molecule has 2 fully saturated rings. The quantitative estimate of drug-likeness (QED) is 0.767. The Hall–Kier alpha value is -1.07. The Kier molecular flexibility index (Phi) is 5.82. The number of carbonyl (C=O) groups is 2. The van der Waals surface area contributed by atoms with Gasteiger partial charge in [0.05, 0.1) is 14.1 Å². The Balaban J connectivity index is 1.57. The Morgan fingerprint density at radius 2 is 2.04 bits per heavy atom. The van der Waals surface area contributed by atoms with Crippen LogP contribution in [-0.4, -0.2) is 41.2 Å². The van der Waals surface area contributed by atoms with Crippen LogP contribution >= 0.6 is 19.1 Å². The second kappa shape index (κ2) is 7.87. The summed E-state index contributed by atoms with van der Waals surface area (Å²) in [5, 5.41) is 6.71.